The summed E-state index contributed by atoms with van der Waals surface area (Å²) >= 11 is 5.92. The summed E-state index contributed by atoms with van der Waals surface area (Å²) in [5, 5.41) is 7.88. The Morgan fingerprint density at radius 1 is 1.53 bits per heavy atom. The van der Waals surface area contributed by atoms with E-state index in [-0.39, 0.29) is 5.38 Å². The molecule has 0 bridgehead atoms. The van der Waals surface area contributed by atoms with Crippen molar-refractivity contribution in [1.82, 2.24) is 15.1 Å². The number of aromatic nitrogens is 2. The monoisotopic (exact) mass is 229 g/mol. The predicted octanol–water partition coefficient (Wildman–Crippen LogP) is 2.40. The van der Waals surface area contributed by atoms with Gasteiger partial charge in [-0.3, -0.25) is 4.68 Å². The van der Waals surface area contributed by atoms with Crippen LogP contribution in [-0.4, -0.2) is 21.2 Å². The van der Waals surface area contributed by atoms with Gasteiger partial charge < -0.3 is 5.32 Å². The molecule has 1 rings (SSSR count). The summed E-state index contributed by atoms with van der Waals surface area (Å²) < 4.78 is 1.94. The van der Waals surface area contributed by atoms with Gasteiger partial charge in [-0.15, -0.1) is 11.6 Å². The fourth-order valence-corrected chi connectivity index (χ4v) is 1.80. The first-order valence-corrected chi connectivity index (χ1v) is 5.94. The zero-order chi connectivity index (χ0) is 11.3. The molecule has 1 aromatic heterocycles. The van der Waals surface area contributed by atoms with Crippen molar-refractivity contribution in [1.29, 1.82) is 0 Å². The largest absolute Gasteiger partial charge is 0.310 e. The van der Waals surface area contributed by atoms with Gasteiger partial charge >= 0.3 is 0 Å². The Hall–Kier alpha value is -0.540. The maximum absolute atomic E-state index is 5.92. The van der Waals surface area contributed by atoms with Crippen LogP contribution in [0.3, 0.4) is 0 Å². The topological polar surface area (TPSA) is 29.9 Å². The average molecular weight is 230 g/mol. The lowest BCUT2D eigenvalue weighted by Crippen LogP contribution is -2.27. The summed E-state index contributed by atoms with van der Waals surface area (Å²) in [6, 6.07) is 0.447. The summed E-state index contributed by atoms with van der Waals surface area (Å²) in [6.07, 6.45) is 4.97. The highest BCUT2D eigenvalue weighted by Crippen LogP contribution is 2.05. The molecule has 2 unspecified atom stereocenters. The normalized spacial score (nSPS) is 15.2. The molecule has 0 spiro atoms. The molecule has 1 aromatic rings. The van der Waals surface area contributed by atoms with Crippen LogP contribution in [-0.2, 0) is 13.1 Å². The van der Waals surface area contributed by atoms with E-state index in [1.165, 1.54) is 5.56 Å². The molecule has 0 radical (unpaired) electrons. The Morgan fingerprint density at radius 2 is 2.27 bits per heavy atom. The van der Waals surface area contributed by atoms with E-state index < -0.39 is 0 Å². The number of nitrogens with one attached hydrogen (secondary N) is 1. The number of alkyl halides is 1. The van der Waals surface area contributed by atoms with Crippen LogP contribution < -0.4 is 5.32 Å². The minimum atomic E-state index is 0.228. The van der Waals surface area contributed by atoms with Gasteiger partial charge in [0.15, 0.2) is 0 Å². The third-order valence-corrected chi connectivity index (χ3v) is 2.52. The molecule has 4 heteroatoms. The van der Waals surface area contributed by atoms with Gasteiger partial charge in [-0.2, -0.15) is 5.10 Å². The molecule has 1 heterocycles. The van der Waals surface area contributed by atoms with E-state index >= 15 is 0 Å². The average Bonchev–Trinajstić information content (AvgIpc) is 2.61. The van der Waals surface area contributed by atoms with Crippen molar-refractivity contribution in [2.75, 3.05) is 0 Å². The first kappa shape index (κ1) is 12.5. The van der Waals surface area contributed by atoms with Gasteiger partial charge in [0.1, 0.15) is 0 Å². The molecule has 0 aliphatic carbocycles. The lowest BCUT2D eigenvalue weighted by atomic mass is 10.2. The molecule has 3 nitrogen and oxygen atoms in total. The van der Waals surface area contributed by atoms with Crippen LogP contribution in [0.25, 0.3) is 0 Å². The molecule has 1 N–H and O–H groups in total. The van der Waals surface area contributed by atoms with Crippen molar-refractivity contribution in [2.45, 2.75) is 51.7 Å². The van der Waals surface area contributed by atoms with Gasteiger partial charge in [-0.25, -0.2) is 0 Å². The van der Waals surface area contributed by atoms with Crippen LogP contribution in [0, 0.1) is 0 Å². The standard InChI is InChI=1S/C11H20ClN3/c1-4-15-8-11(7-14-15)6-13-10(3)5-9(2)12/h7-10,13H,4-6H2,1-3H3. The Labute approximate surface area is 96.8 Å². The number of rotatable bonds is 6. The minimum absolute atomic E-state index is 0.228. The molecular formula is C11H20ClN3. The minimum Gasteiger partial charge on any atom is -0.310 e. The van der Waals surface area contributed by atoms with Crippen molar-refractivity contribution >= 4 is 11.6 Å². The van der Waals surface area contributed by atoms with E-state index in [4.69, 9.17) is 11.6 Å². The van der Waals surface area contributed by atoms with Crippen LogP contribution in [0.4, 0.5) is 0 Å². The highest BCUT2D eigenvalue weighted by atomic mass is 35.5. The van der Waals surface area contributed by atoms with E-state index in [9.17, 15) is 0 Å². The molecule has 0 saturated carbocycles. The van der Waals surface area contributed by atoms with Crippen LogP contribution in [0.5, 0.6) is 0 Å². The highest BCUT2D eigenvalue weighted by molar-refractivity contribution is 6.20. The molecular weight excluding hydrogens is 210 g/mol. The summed E-state index contributed by atoms with van der Waals surface area (Å²) in [4.78, 5) is 0. The smallest absolute Gasteiger partial charge is 0.0534 e. The third-order valence-electron chi connectivity index (χ3n) is 2.34. The van der Waals surface area contributed by atoms with Gasteiger partial charge in [-0.05, 0) is 27.2 Å². The van der Waals surface area contributed by atoms with Gasteiger partial charge in [0.2, 0.25) is 0 Å². The lowest BCUT2D eigenvalue weighted by molar-refractivity contribution is 0.511. The zero-order valence-electron chi connectivity index (χ0n) is 9.70. The zero-order valence-corrected chi connectivity index (χ0v) is 10.5. The van der Waals surface area contributed by atoms with Crippen molar-refractivity contribution in [3.8, 4) is 0 Å². The fraction of sp³-hybridized carbons (Fsp3) is 0.727. The second-order valence-corrected chi connectivity index (χ2v) is 4.75. The molecule has 86 valence electrons. The predicted molar refractivity (Wildman–Crippen MR) is 64.1 cm³/mol. The van der Waals surface area contributed by atoms with E-state index in [2.05, 4.69) is 30.5 Å². The Kier molecular flexibility index (Phi) is 5.12. The van der Waals surface area contributed by atoms with Gasteiger partial charge in [0, 0.05) is 36.3 Å². The second kappa shape index (κ2) is 6.13. The van der Waals surface area contributed by atoms with E-state index in [0.717, 1.165) is 19.5 Å². The van der Waals surface area contributed by atoms with Crippen LogP contribution >= 0.6 is 11.6 Å². The lowest BCUT2D eigenvalue weighted by Gasteiger charge is -2.13. The summed E-state index contributed by atoms with van der Waals surface area (Å²) in [6.45, 7) is 8.05. The first-order chi connectivity index (χ1) is 7.11. The summed E-state index contributed by atoms with van der Waals surface area (Å²) in [5.74, 6) is 0. The van der Waals surface area contributed by atoms with E-state index in [1.54, 1.807) is 0 Å². The summed E-state index contributed by atoms with van der Waals surface area (Å²) in [5.41, 5.74) is 1.23. The number of nitrogens with zero attached hydrogens (tertiary/aromatic N) is 2. The van der Waals surface area contributed by atoms with Crippen LogP contribution in [0.15, 0.2) is 12.4 Å². The van der Waals surface area contributed by atoms with Crippen molar-refractivity contribution in [2.24, 2.45) is 0 Å². The summed E-state index contributed by atoms with van der Waals surface area (Å²) in [7, 11) is 0. The first-order valence-electron chi connectivity index (χ1n) is 5.50. The number of hydrogen-bond donors (Lipinski definition) is 1. The molecule has 15 heavy (non-hydrogen) atoms. The van der Waals surface area contributed by atoms with E-state index in [0.29, 0.717) is 6.04 Å². The van der Waals surface area contributed by atoms with Gasteiger partial charge in [0.05, 0.1) is 6.20 Å². The number of hydrogen-bond acceptors (Lipinski definition) is 2. The van der Waals surface area contributed by atoms with Gasteiger partial charge in [0.25, 0.3) is 0 Å². The molecule has 0 aliphatic heterocycles. The van der Waals surface area contributed by atoms with Crippen molar-refractivity contribution < 1.29 is 0 Å². The molecule has 0 fully saturated rings. The maximum Gasteiger partial charge on any atom is 0.0534 e. The van der Waals surface area contributed by atoms with Crippen molar-refractivity contribution in [3.05, 3.63) is 18.0 Å². The van der Waals surface area contributed by atoms with Gasteiger partial charge in [-0.1, -0.05) is 0 Å². The Bertz CT molecular complexity index is 283. The molecule has 0 aromatic carbocycles. The van der Waals surface area contributed by atoms with E-state index in [1.807, 2.05) is 17.8 Å². The Morgan fingerprint density at radius 3 is 2.80 bits per heavy atom. The Balaban J connectivity index is 2.30. The van der Waals surface area contributed by atoms with Crippen molar-refractivity contribution in [3.63, 3.8) is 0 Å². The maximum atomic E-state index is 5.92. The van der Waals surface area contributed by atoms with Crippen LogP contribution in [0.1, 0.15) is 32.8 Å². The molecule has 0 aliphatic rings. The quantitative estimate of drug-likeness (QED) is 0.760. The van der Waals surface area contributed by atoms with Crippen LogP contribution in [0.2, 0.25) is 0 Å². The highest BCUT2D eigenvalue weighted by Gasteiger charge is 2.06. The number of halogens is 1. The molecule has 0 amide bonds. The molecule has 2 atom stereocenters. The SMILES string of the molecule is CCn1cc(CNC(C)CC(C)Cl)cn1. The third kappa shape index (κ3) is 4.67. The fourth-order valence-electron chi connectivity index (χ4n) is 1.53. The number of aryl methyl sites for hydroxylation is 1. The second-order valence-electron chi connectivity index (χ2n) is 4.00. The molecule has 0 saturated heterocycles.